The Morgan fingerprint density at radius 3 is 1.73 bits per heavy atom. The molecule has 0 aromatic rings. The topological polar surface area (TPSA) is 66.5 Å². The SMILES string of the molecule is CCCCCCCCCCCCCC/C=C/C(O)C(N)CO. The number of hydrogen-bond donors (Lipinski definition) is 3. The molecular formula is C19H39NO2. The first-order valence-electron chi connectivity index (χ1n) is 9.43. The van der Waals surface area contributed by atoms with E-state index in [0.29, 0.717) is 0 Å². The van der Waals surface area contributed by atoms with E-state index in [1.54, 1.807) is 6.08 Å². The molecule has 132 valence electrons. The summed E-state index contributed by atoms with van der Waals surface area (Å²) in [4.78, 5) is 0. The lowest BCUT2D eigenvalue weighted by molar-refractivity contribution is 0.144. The van der Waals surface area contributed by atoms with Crippen molar-refractivity contribution in [3.63, 3.8) is 0 Å². The van der Waals surface area contributed by atoms with E-state index in [1.807, 2.05) is 6.08 Å². The highest BCUT2D eigenvalue weighted by Crippen LogP contribution is 2.12. The molecule has 0 bridgehead atoms. The first-order valence-corrected chi connectivity index (χ1v) is 9.43. The molecule has 0 saturated heterocycles. The molecule has 0 spiro atoms. The van der Waals surface area contributed by atoms with Gasteiger partial charge in [0, 0.05) is 0 Å². The lowest BCUT2D eigenvalue weighted by Crippen LogP contribution is -2.36. The largest absolute Gasteiger partial charge is 0.395 e. The number of aliphatic hydroxyl groups is 2. The van der Waals surface area contributed by atoms with E-state index in [9.17, 15) is 5.11 Å². The molecular weight excluding hydrogens is 274 g/mol. The second-order valence-corrected chi connectivity index (χ2v) is 6.44. The summed E-state index contributed by atoms with van der Waals surface area (Å²) in [6.07, 6.45) is 20.3. The molecule has 2 unspecified atom stereocenters. The van der Waals surface area contributed by atoms with Gasteiger partial charge in [-0.05, 0) is 12.8 Å². The van der Waals surface area contributed by atoms with E-state index < -0.39 is 12.1 Å². The summed E-state index contributed by atoms with van der Waals surface area (Å²) in [6.45, 7) is 2.09. The van der Waals surface area contributed by atoms with Gasteiger partial charge in [-0.3, -0.25) is 0 Å². The smallest absolute Gasteiger partial charge is 0.0894 e. The fourth-order valence-corrected chi connectivity index (χ4v) is 2.59. The fraction of sp³-hybridized carbons (Fsp3) is 0.895. The van der Waals surface area contributed by atoms with Gasteiger partial charge in [0.2, 0.25) is 0 Å². The quantitative estimate of drug-likeness (QED) is 0.294. The van der Waals surface area contributed by atoms with Crippen molar-refractivity contribution >= 4 is 0 Å². The highest BCUT2D eigenvalue weighted by molar-refractivity contribution is 4.93. The maximum absolute atomic E-state index is 9.54. The highest BCUT2D eigenvalue weighted by atomic mass is 16.3. The van der Waals surface area contributed by atoms with Gasteiger partial charge in [0.25, 0.3) is 0 Å². The Hall–Kier alpha value is -0.380. The maximum atomic E-state index is 9.54. The van der Waals surface area contributed by atoms with Gasteiger partial charge in [0.1, 0.15) is 0 Å². The van der Waals surface area contributed by atoms with Crippen molar-refractivity contribution in [3.8, 4) is 0 Å². The normalized spacial score (nSPS) is 14.5. The van der Waals surface area contributed by atoms with Crippen molar-refractivity contribution in [2.24, 2.45) is 5.73 Å². The second kappa shape index (κ2) is 17.0. The highest BCUT2D eigenvalue weighted by Gasteiger charge is 2.08. The summed E-state index contributed by atoms with van der Waals surface area (Å²) in [5.41, 5.74) is 5.52. The van der Waals surface area contributed by atoms with Gasteiger partial charge in [0.05, 0.1) is 18.8 Å². The predicted molar refractivity (Wildman–Crippen MR) is 95.9 cm³/mol. The second-order valence-electron chi connectivity index (χ2n) is 6.44. The number of allylic oxidation sites excluding steroid dienone is 1. The van der Waals surface area contributed by atoms with Crippen molar-refractivity contribution in [1.82, 2.24) is 0 Å². The molecule has 22 heavy (non-hydrogen) atoms. The number of nitrogens with two attached hydrogens (primary N) is 1. The Morgan fingerprint density at radius 2 is 1.27 bits per heavy atom. The first-order chi connectivity index (χ1) is 10.7. The van der Waals surface area contributed by atoms with Crippen molar-refractivity contribution in [1.29, 1.82) is 0 Å². The van der Waals surface area contributed by atoms with Crippen molar-refractivity contribution in [2.45, 2.75) is 103 Å². The minimum Gasteiger partial charge on any atom is -0.395 e. The van der Waals surface area contributed by atoms with Crippen LogP contribution in [0.25, 0.3) is 0 Å². The zero-order valence-electron chi connectivity index (χ0n) is 14.7. The molecule has 0 rings (SSSR count). The van der Waals surface area contributed by atoms with Crippen molar-refractivity contribution in [3.05, 3.63) is 12.2 Å². The van der Waals surface area contributed by atoms with Gasteiger partial charge in [0.15, 0.2) is 0 Å². The zero-order valence-corrected chi connectivity index (χ0v) is 14.7. The molecule has 0 fully saturated rings. The van der Waals surface area contributed by atoms with Gasteiger partial charge in [-0.2, -0.15) is 0 Å². The van der Waals surface area contributed by atoms with Crippen LogP contribution >= 0.6 is 0 Å². The molecule has 3 heteroatoms. The van der Waals surface area contributed by atoms with Crippen LogP contribution in [0.1, 0.15) is 90.4 Å². The lowest BCUT2D eigenvalue weighted by atomic mass is 10.0. The van der Waals surface area contributed by atoms with E-state index in [-0.39, 0.29) is 6.61 Å². The van der Waals surface area contributed by atoms with Crippen LogP contribution in [-0.4, -0.2) is 29.0 Å². The minimum absolute atomic E-state index is 0.176. The first kappa shape index (κ1) is 21.6. The molecule has 2 atom stereocenters. The molecule has 3 nitrogen and oxygen atoms in total. The van der Waals surface area contributed by atoms with Gasteiger partial charge in [-0.1, -0.05) is 89.7 Å². The summed E-state index contributed by atoms with van der Waals surface area (Å²) in [7, 11) is 0. The molecule has 0 radical (unpaired) electrons. The van der Waals surface area contributed by atoms with Crippen LogP contribution in [-0.2, 0) is 0 Å². The van der Waals surface area contributed by atoms with Gasteiger partial charge >= 0.3 is 0 Å². The standard InChI is InChI=1S/C19H39NO2/c1-2-3-4-5-6-7-8-9-10-11-12-13-14-15-16-19(22)18(20)17-21/h15-16,18-19,21-22H,2-14,17,20H2,1H3/b16-15+. The number of unbranched alkanes of at least 4 members (excludes halogenated alkanes) is 12. The lowest BCUT2D eigenvalue weighted by Gasteiger charge is -2.11. The molecule has 0 aliphatic carbocycles. The summed E-state index contributed by atoms with van der Waals surface area (Å²) < 4.78 is 0. The predicted octanol–water partition coefficient (Wildman–Crippen LogP) is 4.31. The molecule has 0 saturated carbocycles. The number of rotatable bonds is 16. The Kier molecular flexibility index (Phi) is 16.7. The van der Waals surface area contributed by atoms with Crippen LogP contribution in [0.5, 0.6) is 0 Å². The Morgan fingerprint density at radius 1 is 0.818 bits per heavy atom. The molecule has 0 aliphatic rings. The summed E-state index contributed by atoms with van der Waals surface area (Å²) in [5, 5.41) is 18.3. The van der Waals surface area contributed by atoms with E-state index in [2.05, 4.69) is 6.92 Å². The Balaban J connectivity index is 3.19. The number of aliphatic hydroxyl groups excluding tert-OH is 2. The number of hydrogen-bond acceptors (Lipinski definition) is 3. The van der Waals surface area contributed by atoms with Crippen molar-refractivity contribution in [2.75, 3.05) is 6.61 Å². The monoisotopic (exact) mass is 313 g/mol. The molecule has 0 aromatic heterocycles. The fourth-order valence-electron chi connectivity index (χ4n) is 2.59. The van der Waals surface area contributed by atoms with Gasteiger partial charge < -0.3 is 15.9 Å². The van der Waals surface area contributed by atoms with Crippen LogP contribution in [0.4, 0.5) is 0 Å². The average molecular weight is 314 g/mol. The van der Waals surface area contributed by atoms with E-state index in [0.717, 1.165) is 6.42 Å². The third-order valence-corrected chi connectivity index (χ3v) is 4.21. The summed E-state index contributed by atoms with van der Waals surface area (Å²) >= 11 is 0. The summed E-state index contributed by atoms with van der Waals surface area (Å²) in [6, 6.07) is -0.557. The van der Waals surface area contributed by atoms with Crippen molar-refractivity contribution < 1.29 is 10.2 Å². The van der Waals surface area contributed by atoms with Crippen LogP contribution in [0, 0.1) is 0 Å². The van der Waals surface area contributed by atoms with Gasteiger partial charge in [-0.15, -0.1) is 0 Å². The minimum atomic E-state index is -0.720. The van der Waals surface area contributed by atoms with Crippen LogP contribution in [0.2, 0.25) is 0 Å². The van der Waals surface area contributed by atoms with E-state index in [4.69, 9.17) is 10.8 Å². The molecule has 0 amide bonds. The Labute approximate surface area is 138 Å². The third kappa shape index (κ3) is 14.6. The molecule has 4 N–H and O–H groups in total. The third-order valence-electron chi connectivity index (χ3n) is 4.21. The van der Waals surface area contributed by atoms with Crippen LogP contribution < -0.4 is 5.73 Å². The average Bonchev–Trinajstić information content (AvgIpc) is 2.54. The summed E-state index contributed by atoms with van der Waals surface area (Å²) in [5.74, 6) is 0. The van der Waals surface area contributed by atoms with Crippen LogP contribution in [0.3, 0.4) is 0 Å². The zero-order chi connectivity index (χ0) is 16.5. The van der Waals surface area contributed by atoms with E-state index >= 15 is 0 Å². The molecule has 0 aliphatic heterocycles. The van der Waals surface area contributed by atoms with Gasteiger partial charge in [-0.25, -0.2) is 0 Å². The maximum Gasteiger partial charge on any atom is 0.0894 e. The Bertz CT molecular complexity index is 244. The molecule has 0 heterocycles. The van der Waals surface area contributed by atoms with E-state index in [1.165, 1.54) is 77.0 Å². The molecule has 0 aromatic carbocycles. The van der Waals surface area contributed by atoms with Crippen LogP contribution in [0.15, 0.2) is 12.2 Å².